The Morgan fingerprint density at radius 3 is 2.75 bits per heavy atom. The molecule has 0 amide bonds. The number of nitrogens with one attached hydrogen (secondary N) is 1. The van der Waals surface area contributed by atoms with Crippen LogP contribution in [0.15, 0.2) is 78.1 Å². The monoisotopic (exact) mass is 438 g/mol. The number of benzene rings is 1. The van der Waals surface area contributed by atoms with Crippen LogP contribution in [0.5, 0.6) is 0 Å². The van der Waals surface area contributed by atoms with E-state index in [9.17, 15) is 9.18 Å². The predicted molar refractivity (Wildman–Crippen MR) is 131 cm³/mol. The summed E-state index contributed by atoms with van der Waals surface area (Å²) < 4.78 is 15.1. The Morgan fingerprint density at radius 2 is 2.16 bits per heavy atom. The Hall–Kier alpha value is -3.29. The number of halogens is 1. The number of aryl methyl sites for hydroxylation is 1. The third kappa shape index (κ3) is 6.35. The summed E-state index contributed by atoms with van der Waals surface area (Å²) in [5, 5.41) is 12.0. The van der Waals surface area contributed by atoms with Gasteiger partial charge in [0.25, 0.3) is 5.56 Å². The number of aliphatic hydroxyl groups excluding tert-OH is 1. The van der Waals surface area contributed by atoms with Crippen LogP contribution in [0.4, 0.5) is 10.2 Å². The average molecular weight is 439 g/mol. The lowest BCUT2D eigenvalue weighted by Crippen LogP contribution is -2.26. The highest BCUT2D eigenvalue weighted by molar-refractivity contribution is 5.84. The minimum atomic E-state index is -0.648. The SMILES string of the molecule is C=C/C(=C\C)c1ccc2nc(NC(/C=C\CN(CC)CCO)=C/C(=C)F)c(=O)n(C)c2c1. The van der Waals surface area contributed by atoms with Gasteiger partial charge in [-0.15, -0.1) is 0 Å². The van der Waals surface area contributed by atoms with E-state index in [2.05, 4.69) is 23.5 Å². The molecule has 0 aliphatic rings. The van der Waals surface area contributed by atoms with Gasteiger partial charge in [0, 0.05) is 25.8 Å². The van der Waals surface area contributed by atoms with E-state index >= 15 is 0 Å². The van der Waals surface area contributed by atoms with Gasteiger partial charge in [-0.3, -0.25) is 9.69 Å². The van der Waals surface area contributed by atoms with Crippen molar-refractivity contribution < 1.29 is 9.50 Å². The molecule has 2 aromatic rings. The van der Waals surface area contributed by atoms with Gasteiger partial charge in [-0.1, -0.05) is 44.4 Å². The summed E-state index contributed by atoms with van der Waals surface area (Å²) in [6.07, 6.45) is 8.41. The van der Waals surface area contributed by atoms with Crippen LogP contribution in [0.3, 0.4) is 0 Å². The maximum absolute atomic E-state index is 13.5. The van der Waals surface area contributed by atoms with Crippen molar-refractivity contribution in [3.63, 3.8) is 0 Å². The van der Waals surface area contributed by atoms with E-state index in [0.29, 0.717) is 29.8 Å². The first kappa shape index (κ1) is 25.0. The van der Waals surface area contributed by atoms with Crippen LogP contribution in [0.2, 0.25) is 0 Å². The Morgan fingerprint density at radius 1 is 1.41 bits per heavy atom. The molecule has 6 nitrogen and oxygen atoms in total. The smallest absolute Gasteiger partial charge is 0.293 e. The zero-order valence-electron chi connectivity index (χ0n) is 18.9. The van der Waals surface area contributed by atoms with Crippen molar-refractivity contribution in [1.29, 1.82) is 0 Å². The highest BCUT2D eigenvalue weighted by atomic mass is 19.1. The molecule has 0 unspecified atom stereocenters. The minimum Gasteiger partial charge on any atom is -0.395 e. The molecule has 1 heterocycles. The molecule has 32 heavy (non-hydrogen) atoms. The number of rotatable bonds is 11. The Bertz CT molecular complexity index is 1130. The molecule has 2 rings (SSSR count). The summed E-state index contributed by atoms with van der Waals surface area (Å²) in [6, 6.07) is 5.65. The van der Waals surface area contributed by atoms with Gasteiger partial charge in [0.2, 0.25) is 0 Å². The van der Waals surface area contributed by atoms with Gasteiger partial charge in [0.15, 0.2) is 5.82 Å². The molecule has 0 spiro atoms. The van der Waals surface area contributed by atoms with Gasteiger partial charge in [-0.05, 0) is 48.9 Å². The number of hydrogen-bond donors (Lipinski definition) is 2. The van der Waals surface area contributed by atoms with E-state index in [1.54, 1.807) is 19.2 Å². The first-order valence-corrected chi connectivity index (χ1v) is 10.5. The molecule has 0 bridgehead atoms. The third-order valence-corrected chi connectivity index (χ3v) is 5.04. The lowest BCUT2D eigenvalue weighted by Gasteiger charge is -2.16. The van der Waals surface area contributed by atoms with E-state index in [1.165, 1.54) is 10.6 Å². The molecule has 0 saturated heterocycles. The molecule has 170 valence electrons. The van der Waals surface area contributed by atoms with Gasteiger partial charge >= 0.3 is 0 Å². The maximum Gasteiger partial charge on any atom is 0.293 e. The number of hydrogen-bond acceptors (Lipinski definition) is 5. The van der Waals surface area contributed by atoms with E-state index < -0.39 is 5.83 Å². The molecular weight excluding hydrogens is 407 g/mol. The van der Waals surface area contributed by atoms with Crippen molar-refractivity contribution in [2.75, 3.05) is 31.6 Å². The van der Waals surface area contributed by atoms with Gasteiger partial charge in [0.1, 0.15) is 5.83 Å². The number of aromatic nitrogens is 2. The average Bonchev–Trinajstić information content (AvgIpc) is 2.77. The molecule has 7 heteroatoms. The van der Waals surface area contributed by atoms with Crippen LogP contribution >= 0.6 is 0 Å². The highest BCUT2D eigenvalue weighted by Crippen LogP contribution is 2.21. The fraction of sp³-hybridized carbons (Fsp3) is 0.280. The zero-order chi connectivity index (χ0) is 23.7. The van der Waals surface area contributed by atoms with Crippen LogP contribution in [0.25, 0.3) is 16.6 Å². The quantitative estimate of drug-likeness (QED) is 0.515. The number of fused-ring (bicyclic) bond motifs is 1. The highest BCUT2D eigenvalue weighted by Gasteiger charge is 2.11. The number of allylic oxidation sites excluding steroid dienone is 6. The lowest BCUT2D eigenvalue weighted by molar-refractivity contribution is 0.214. The molecular formula is C25H31FN4O2. The van der Waals surface area contributed by atoms with Crippen molar-refractivity contribution >= 4 is 22.4 Å². The van der Waals surface area contributed by atoms with Gasteiger partial charge < -0.3 is 15.0 Å². The summed E-state index contributed by atoms with van der Waals surface area (Å²) in [4.78, 5) is 19.4. The molecule has 0 saturated carbocycles. The minimum absolute atomic E-state index is 0.0605. The molecule has 0 radical (unpaired) electrons. The first-order valence-electron chi connectivity index (χ1n) is 10.5. The van der Waals surface area contributed by atoms with Crippen LogP contribution in [0, 0.1) is 0 Å². The summed E-state index contributed by atoms with van der Waals surface area (Å²) >= 11 is 0. The first-order chi connectivity index (χ1) is 15.3. The number of nitrogens with zero attached hydrogens (tertiary/aromatic N) is 3. The Kier molecular flexibility index (Phi) is 9.31. The van der Waals surface area contributed by atoms with Crippen molar-refractivity contribution in [2.45, 2.75) is 13.8 Å². The maximum atomic E-state index is 13.5. The predicted octanol–water partition coefficient (Wildman–Crippen LogP) is 4.17. The summed E-state index contributed by atoms with van der Waals surface area (Å²) in [5.74, 6) is -0.562. The van der Waals surface area contributed by atoms with Crippen molar-refractivity contribution in [2.24, 2.45) is 7.05 Å². The van der Waals surface area contributed by atoms with Crippen molar-refractivity contribution in [3.8, 4) is 0 Å². The number of anilines is 1. The molecule has 2 N–H and O–H groups in total. The Labute approximate surface area is 188 Å². The summed E-state index contributed by atoms with van der Waals surface area (Å²) in [7, 11) is 1.67. The van der Waals surface area contributed by atoms with E-state index in [-0.39, 0.29) is 18.0 Å². The molecule has 0 atom stereocenters. The van der Waals surface area contributed by atoms with E-state index in [1.807, 2.05) is 49.1 Å². The molecule has 0 aliphatic carbocycles. The summed E-state index contributed by atoms with van der Waals surface area (Å²) in [6.45, 7) is 13.0. The normalized spacial score (nSPS) is 12.7. The van der Waals surface area contributed by atoms with E-state index in [4.69, 9.17) is 5.11 Å². The Balaban J connectivity index is 2.40. The largest absolute Gasteiger partial charge is 0.395 e. The molecule has 1 aromatic carbocycles. The number of aliphatic hydroxyl groups is 1. The third-order valence-electron chi connectivity index (χ3n) is 5.04. The second-order valence-electron chi connectivity index (χ2n) is 7.17. The fourth-order valence-electron chi connectivity index (χ4n) is 3.27. The topological polar surface area (TPSA) is 70.4 Å². The van der Waals surface area contributed by atoms with Crippen LogP contribution in [-0.4, -0.2) is 45.8 Å². The zero-order valence-corrected chi connectivity index (χ0v) is 18.9. The van der Waals surface area contributed by atoms with Crippen molar-refractivity contribution in [3.05, 3.63) is 89.2 Å². The van der Waals surface area contributed by atoms with Crippen LogP contribution < -0.4 is 10.9 Å². The second-order valence-corrected chi connectivity index (χ2v) is 7.17. The van der Waals surface area contributed by atoms with Gasteiger partial charge in [-0.2, -0.15) is 0 Å². The second kappa shape index (κ2) is 11.9. The van der Waals surface area contributed by atoms with E-state index in [0.717, 1.165) is 17.7 Å². The van der Waals surface area contributed by atoms with Gasteiger partial charge in [-0.25, -0.2) is 9.37 Å². The lowest BCUT2D eigenvalue weighted by atomic mass is 10.0. The number of likely N-dealkylation sites (N-methyl/N-ethyl adjacent to an activating group) is 1. The molecule has 1 aromatic heterocycles. The van der Waals surface area contributed by atoms with Crippen LogP contribution in [0.1, 0.15) is 19.4 Å². The van der Waals surface area contributed by atoms with Gasteiger partial charge in [0.05, 0.1) is 17.6 Å². The summed E-state index contributed by atoms with van der Waals surface area (Å²) in [5.41, 5.74) is 3.21. The van der Waals surface area contributed by atoms with Crippen LogP contribution in [-0.2, 0) is 7.05 Å². The molecule has 0 aliphatic heterocycles. The molecule has 0 fully saturated rings. The fourth-order valence-corrected chi connectivity index (χ4v) is 3.27. The van der Waals surface area contributed by atoms with Crippen molar-refractivity contribution in [1.82, 2.24) is 14.5 Å². The standard InChI is InChI=1S/C25H31FN4O2/c1-6-19(7-2)20-11-12-22-23(17-20)29(5)25(32)24(28-22)27-21(16-18(4)26)10-9-13-30(8-3)14-15-31/h6-7,9-12,16-17,31H,1,4,8,13-15H2,2-3,5H3,(H,27,28)/b10-9-,19-7+,21-16+.